The Morgan fingerprint density at radius 1 is 0.880 bits per heavy atom. The summed E-state index contributed by atoms with van der Waals surface area (Å²) in [6, 6.07) is 17.2. The summed E-state index contributed by atoms with van der Waals surface area (Å²) in [7, 11) is 0. The first-order chi connectivity index (χ1) is 12.2. The molecule has 0 saturated heterocycles. The van der Waals surface area contributed by atoms with Gasteiger partial charge in [0.25, 0.3) is 0 Å². The smallest absolute Gasteiger partial charge is 0.307 e. The fourth-order valence-corrected chi connectivity index (χ4v) is 2.76. The summed E-state index contributed by atoms with van der Waals surface area (Å²) in [6.45, 7) is 0. The predicted octanol–water partition coefficient (Wildman–Crippen LogP) is 3.08. The lowest BCUT2D eigenvalue weighted by Crippen LogP contribution is -2.46. The quantitative estimate of drug-likeness (QED) is 0.856. The van der Waals surface area contributed by atoms with Crippen LogP contribution in [0.15, 0.2) is 78.0 Å². The maximum atomic E-state index is 12.3. The Morgan fingerprint density at radius 2 is 1.52 bits per heavy atom. The van der Waals surface area contributed by atoms with Gasteiger partial charge >= 0.3 is 6.03 Å². The number of amides is 3. The first kappa shape index (κ1) is 16.4. The molecule has 0 spiro atoms. The Balaban J connectivity index is 2.07. The Kier molecular flexibility index (Phi) is 4.85. The van der Waals surface area contributed by atoms with Crippen LogP contribution in [0.4, 0.5) is 4.79 Å². The molecule has 1 heterocycles. The number of hydrogen-bond acceptors (Lipinski definition) is 3. The van der Waals surface area contributed by atoms with Gasteiger partial charge in [0.05, 0.1) is 11.7 Å². The van der Waals surface area contributed by atoms with Crippen molar-refractivity contribution in [2.75, 3.05) is 0 Å². The molecule has 5 nitrogen and oxygen atoms in total. The highest BCUT2D eigenvalue weighted by atomic mass is 16.2. The molecule has 5 heteroatoms. The maximum absolute atomic E-state index is 12.3. The highest BCUT2D eigenvalue weighted by molar-refractivity contribution is 5.94. The van der Waals surface area contributed by atoms with Gasteiger partial charge in [-0.15, -0.1) is 0 Å². The van der Waals surface area contributed by atoms with E-state index < -0.39 is 12.1 Å². The van der Waals surface area contributed by atoms with E-state index in [4.69, 9.17) is 0 Å². The summed E-state index contributed by atoms with van der Waals surface area (Å²) in [4.78, 5) is 36.4. The highest BCUT2D eigenvalue weighted by Crippen LogP contribution is 2.31. The van der Waals surface area contributed by atoms with Crippen molar-refractivity contribution in [1.29, 1.82) is 0 Å². The summed E-state index contributed by atoms with van der Waals surface area (Å²) in [5.41, 5.74) is 2.33. The minimum Gasteiger partial charge on any atom is -0.307 e. The van der Waals surface area contributed by atoms with Crippen LogP contribution >= 0.6 is 0 Å². The molecule has 1 atom stereocenters. The second-order valence-corrected chi connectivity index (χ2v) is 5.49. The third kappa shape index (κ3) is 3.40. The lowest BCUT2D eigenvalue weighted by Gasteiger charge is -2.33. The number of urea groups is 1. The average Bonchev–Trinajstić information content (AvgIpc) is 2.67. The number of benzene rings is 2. The summed E-state index contributed by atoms with van der Waals surface area (Å²) in [6.07, 6.45) is 4.60. The van der Waals surface area contributed by atoms with Crippen molar-refractivity contribution in [1.82, 2.24) is 10.2 Å². The number of aldehydes is 1. The van der Waals surface area contributed by atoms with E-state index in [2.05, 4.69) is 5.32 Å². The molecular weight excluding hydrogens is 316 g/mol. The molecule has 3 rings (SSSR count). The monoisotopic (exact) mass is 332 g/mol. The average molecular weight is 332 g/mol. The van der Waals surface area contributed by atoms with Crippen molar-refractivity contribution in [3.8, 4) is 0 Å². The Morgan fingerprint density at radius 3 is 2.12 bits per heavy atom. The van der Waals surface area contributed by atoms with Crippen molar-refractivity contribution in [2.24, 2.45) is 0 Å². The van der Waals surface area contributed by atoms with Crippen molar-refractivity contribution in [3.05, 3.63) is 89.1 Å². The molecule has 1 aliphatic heterocycles. The fourth-order valence-electron chi connectivity index (χ4n) is 2.76. The van der Waals surface area contributed by atoms with Gasteiger partial charge in [0.15, 0.2) is 6.29 Å². The third-order valence-electron chi connectivity index (χ3n) is 3.96. The topological polar surface area (TPSA) is 66.5 Å². The van der Waals surface area contributed by atoms with E-state index in [-0.39, 0.29) is 0 Å². The first-order valence-electron chi connectivity index (χ1n) is 7.76. The molecule has 3 amide bonds. The van der Waals surface area contributed by atoms with Gasteiger partial charge in [0, 0.05) is 5.57 Å². The molecule has 0 radical (unpaired) electrons. The third-order valence-corrected chi connectivity index (χ3v) is 3.96. The van der Waals surface area contributed by atoms with Crippen molar-refractivity contribution in [3.63, 3.8) is 0 Å². The number of imide groups is 1. The van der Waals surface area contributed by atoms with E-state index in [1.54, 1.807) is 36.4 Å². The molecule has 1 N–H and O–H groups in total. The van der Waals surface area contributed by atoms with Crippen molar-refractivity contribution >= 4 is 24.8 Å². The molecular formula is C20H16N2O3. The zero-order valence-corrected chi connectivity index (χ0v) is 13.3. The van der Waals surface area contributed by atoms with Crippen LogP contribution in [-0.4, -0.2) is 23.6 Å². The Labute approximate surface area is 145 Å². The van der Waals surface area contributed by atoms with E-state index in [9.17, 15) is 14.4 Å². The molecule has 0 fully saturated rings. The highest BCUT2D eigenvalue weighted by Gasteiger charge is 2.34. The van der Waals surface area contributed by atoms with E-state index in [0.717, 1.165) is 10.5 Å². The number of hydrogen-bond donors (Lipinski definition) is 1. The standard InChI is InChI=1S/C20H16N2O3/c23-13-17-18(12-11-15-7-3-1-4-8-15)21-20(25)22(14-24)19(17)16-9-5-2-6-10-16/h1-14,19H,(H,21,25)/b12-11+. The van der Waals surface area contributed by atoms with Gasteiger partial charge in [-0.2, -0.15) is 0 Å². The molecule has 0 aliphatic carbocycles. The lowest BCUT2D eigenvalue weighted by molar-refractivity contribution is -0.117. The van der Waals surface area contributed by atoms with Crippen LogP contribution in [0.2, 0.25) is 0 Å². The van der Waals surface area contributed by atoms with Crippen LogP contribution in [0.25, 0.3) is 6.08 Å². The molecule has 2 aromatic carbocycles. The number of carbonyl (C=O) groups excluding carboxylic acids is 3. The normalized spacial score (nSPS) is 17.5. The van der Waals surface area contributed by atoms with Gasteiger partial charge in [-0.3, -0.25) is 14.5 Å². The van der Waals surface area contributed by atoms with Gasteiger partial charge in [0.1, 0.15) is 0 Å². The molecule has 0 saturated carbocycles. The van der Waals surface area contributed by atoms with E-state index in [0.29, 0.717) is 29.5 Å². The number of allylic oxidation sites excluding steroid dienone is 1. The first-order valence-corrected chi connectivity index (χ1v) is 7.76. The van der Waals surface area contributed by atoms with Crippen molar-refractivity contribution < 1.29 is 14.4 Å². The number of rotatable bonds is 5. The zero-order chi connectivity index (χ0) is 17.6. The molecule has 25 heavy (non-hydrogen) atoms. The van der Waals surface area contributed by atoms with Crippen molar-refractivity contribution in [2.45, 2.75) is 6.04 Å². The van der Waals surface area contributed by atoms with Gasteiger partial charge < -0.3 is 5.32 Å². The van der Waals surface area contributed by atoms with Crippen LogP contribution < -0.4 is 5.32 Å². The lowest BCUT2D eigenvalue weighted by atomic mass is 9.94. The SMILES string of the molecule is O=CC1=C(/C=C/c2ccccc2)NC(=O)N(C=O)C1c1ccccc1. The van der Waals surface area contributed by atoms with E-state index >= 15 is 0 Å². The zero-order valence-electron chi connectivity index (χ0n) is 13.3. The second-order valence-electron chi connectivity index (χ2n) is 5.49. The number of nitrogens with zero attached hydrogens (tertiary/aromatic N) is 1. The van der Waals surface area contributed by atoms with E-state index in [1.165, 1.54) is 0 Å². The Hall–Kier alpha value is -3.47. The Bertz CT molecular complexity index is 842. The summed E-state index contributed by atoms with van der Waals surface area (Å²) in [5, 5.41) is 2.61. The van der Waals surface area contributed by atoms with Gasteiger partial charge in [-0.25, -0.2) is 4.79 Å². The number of nitrogens with one attached hydrogen (secondary N) is 1. The second kappa shape index (κ2) is 7.40. The molecule has 0 aromatic heterocycles. The minimum absolute atomic E-state index is 0.324. The van der Waals surface area contributed by atoms with Gasteiger partial charge in [-0.1, -0.05) is 66.7 Å². The van der Waals surface area contributed by atoms with Crippen LogP contribution in [0, 0.1) is 0 Å². The molecule has 0 bridgehead atoms. The number of carbonyl (C=O) groups is 3. The largest absolute Gasteiger partial charge is 0.329 e. The summed E-state index contributed by atoms with van der Waals surface area (Å²) in [5.74, 6) is 0. The maximum Gasteiger partial charge on any atom is 0.329 e. The summed E-state index contributed by atoms with van der Waals surface area (Å²) < 4.78 is 0. The van der Waals surface area contributed by atoms with Gasteiger partial charge in [0.2, 0.25) is 6.41 Å². The van der Waals surface area contributed by atoms with E-state index in [1.807, 2.05) is 36.4 Å². The molecule has 1 unspecified atom stereocenters. The van der Waals surface area contributed by atoms with Crippen LogP contribution in [0.3, 0.4) is 0 Å². The van der Waals surface area contributed by atoms with Crippen LogP contribution in [0.5, 0.6) is 0 Å². The minimum atomic E-state index is -0.750. The molecule has 2 aromatic rings. The molecule has 1 aliphatic rings. The van der Waals surface area contributed by atoms with Gasteiger partial charge in [-0.05, 0) is 17.2 Å². The van der Waals surface area contributed by atoms with Crippen LogP contribution in [-0.2, 0) is 9.59 Å². The van der Waals surface area contributed by atoms with Crippen LogP contribution in [0.1, 0.15) is 17.2 Å². The molecule has 124 valence electrons. The summed E-state index contributed by atoms with van der Waals surface area (Å²) >= 11 is 0. The predicted molar refractivity (Wildman–Crippen MR) is 94.2 cm³/mol. The fraction of sp³-hybridized carbons (Fsp3) is 0.0500.